The molecule has 0 aliphatic carbocycles. The van der Waals surface area contributed by atoms with E-state index < -0.39 is 0 Å². The minimum Gasteiger partial charge on any atom is -0.398 e. The van der Waals surface area contributed by atoms with E-state index >= 15 is 0 Å². The lowest BCUT2D eigenvalue weighted by molar-refractivity contribution is 0.299. The molecule has 17 heavy (non-hydrogen) atoms. The van der Waals surface area contributed by atoms with Gasteiger partial charge < -0.3 is 15.7 Å². The van der Waals surface area contributed by atoms with Crippen molar-refractivity contribution in [3.63, 3.8) is 0 Å². The number of nitrogens with zero attached hydrogens (tertiary/aromatic N) is 2. The first kappa shape index (κ1) is 13.3. The Kier molecular flexibility index (Phi) is 4.80. The quantitative estimate of drug-likeness (QED) is 0.757. The lowest BCUT2D eigenvalue weighted by atomic mass is 10.1. The average Bonchev–Trinajstić information content (AvgIpc) is 2.29. The van der Waals surface area contributed by atoms with E-state index in [4.69, 9.17) is 16.1 Å². The lowest BCUT2D eigenvalue weighted by Crippen LogP contribution is -2.33. The molecule has 0 unspecified atom stereocenters. The van der Waals surface area contributed by atoms with Crippen molar-refractivity contribution in [1.29, 1.82) is 5.26 Å². The van der Waals surface area contributed by atoms with Crippen LogP contribution >= 0.6 is 0 Å². The van der Waals surface area contributed by atoms with Crippen molar-refractivity contribution >= 4 is 11.4 Å². The van der Waals surface area contributed by atoms with Crippen molar-refractivity contribution in [2.24, 2.45) is 0 Å². The first-order valence-corrected chi connectivity index (χ1v) is 5.73. The third-order valence-corrected chi connectivity index (χ3v) is 2.69. The topological polar surface area (TPSA) is 73.3 Å². The van der Waals surface area contributed by atoms with Crippen molar-refractivity contribution in [2.75, 3.05) is 23.8 Å². The maximum Gasteiger partial charge on any atom is 0.0670 e. The molecule has 1 aromatic rings. The first-order chi connectivity index (χ1) is 8.10. The molecule has 1 rings (SSSR count). The van der Waals surface area contributed by atoms with Gasteiger partial charge in [0.25, 0.3) is 0 Å². The summed E-state index contributed by atoms with van der Waals surface area (Å²) < 4.78 is 0. The van der Waals surface area contributed by atoms with Gasteiger partial charge in [0.2, 0.25) is 0 Å². The zero-order valence-corrected chi connectivity index (χ0v) is 10.3. The van der Waals surface area contributed by atoms with Gasteiger partial charge in [-0.1, -0.05) is 0 Å². The van der Waals surface area contributed by atoms with E-state index in [0.717, 1.165) is 11.3 Å². The van der Waals surface area contributed by atoms with E-state index in [1.54, 1.807) is 0 Å². The lowest BCUT2D eigenvalue weighted by Gasteiger charge is -2.28. The normalized spacial score (nSPS) is 10.3. The summed E-state index contributed by atoms with van der Waals surface area (Å²) in [6.45, 7) is 4.82. The summed E-state index contributed by atoms with van der Waals surface area (Å²) in [4.78, 5) is 2.08. The molecular formula is C13H19N3O. The average molecular weight is 233 g/mol. The Morgan fingerprint density at radius 1 is 1.47 bits per heavy atom. The Morgan fingerprint density at radius 2 is 2.18 bits per heavy atom. The van der Waals surface area contributed by atoms with Gasteiger partial charge in [-0.25, -0.2) is 0 Å². The van der Waals surface area contributed by atoms with Gasteiger partial charge in [-0.2, -0.15) is 5.26 Å². The smallest absolute Gasteiger partial charge is 0.0670 e. The van der Waals surface area contributed by atoms with Crippen molar-refractivity contribution in [2.45, 2.75) is 26.3 Å². The fraction of sp³-hybridized carbons (Fsp3) is 0.462. The van der Waals surface area contributed by atoms with Gasteiger partial charge in [-0.15, -0.1) is 0 Å². The summed E-state index contributed by atoms with van der Waals surface area (Å²) in [5, 5.41) is 17.8. The Labute approximate surface area is 102 Å². The zero-order valence-electron chi connectivity index (χ0n) is 10.3. The number of nitriles is 1. The summed E-state index contributed by atoms with van der Waals surface area (Å²) >= 11 is 0. The molecule has 4 nitrogen and oxygen atoms in total. The van der Waals surface area contributed by atoms with E-state index in [9.17, 15) is 0 Å². The fourth-order valence-corrected chi connectivity index (χ4v) is 1.80. The predicted octanol–water partition coefficient (Wildman–Crippen LogP) is 1.54. The molecule has 0 aliphatic rings. The molecule has 0 bridgehead atoms. The number of rotatable bonds is 5. The van der Waals surface area contributed by atoms with Crippen molar-refractivity contribution in [3.8, 4) is 6.07 Å². The molecule has 0 aromatic heterocycles. The highest BCUT2D eigenvalue weighted by Crippen LogP contribution is 2.23. The van der Waals surface area contributed by atoms with Crippen molar-refractivity contribution in [3.05, 3.63) is 23.8 Å². The van der Waals surface area contributed by atoms with Crippen LogP contribution in [0.5, 0.6) is 0 Å². The fourth-order valence-electron chi connectivity index (χ4n) is 1.80. The Hall–Kier alpha value is -1.73. The molecule has 0 amide bonds. The van der Waals surface area contributed by atoms with E-state index in [-0.39, 0.29) is 6.61 Å². The third-order valence-electron chi connectivity index (χ3n) is 2.69. The highest BCUT2D eigenvalue weighted by atomic mass is 16.3. The Bertz CT molecular complexity index is 410. The number of hydrogen-bond acceptors (Lipinski definition) is 4. The molecule has 0 radical (unpaired) electrons. The number of nitrogens with two attached hydrogens (primary N) is 1. The van der Waals surface area contributed by atoms with Crippen LogP contribution in [0.1, 0.15) is 19.4 Å². The molecule has 0 saturated carbocycles. The minimum absolute atomic E-state index is 0.107. The summed E-state index contributed by atoms with van der Waals surface area (Å²) in [5.41, 5.74) is 8.28. The molecule has 0 atom stereocenters. The molecule has 4 heteroatoms. The number of aliphatic hydroxyl groups excluding tert-OH is 1. The Balaban J connectivity index is 3.04. The van der Waals surface area contributed by atoms with Gasteiger partial charge in [0, 0.05) is 24.0 Å². The van der Waals surface area contributed by atoms with Crippen LogP contribution in [-0.4, -0.2) is 24.3 Å². The van der Waals surface area contributed by atoms with Gasteiger partial charge in [-0.3, -0.25) is 0 Å². The van der Waals surface area contributed by atoms with Crippen LogP contribution in [0.2, 0.25) is 0 Å². The maximum atomic E-state index is 9.06. The number of hydrogen-bond donors (Lipinski definition) is 2. The summed E-state index contributed by atoms with van der Waals surface area (Å²) in [6.07, 6.45) is 0.310. The van der Waals surface area contributed by atoms with E-state index in [2.05, 4.69) is 24.8 Å². The third kappa shape index (κ3) is 3.36. The number of anilines is 2. The van der Waals surface area contributed by atoms with Crippen LogP contribution in [0, 0.1) is 11.3 Å². The maximum absolute atomic E-state index is 9.06. The summed E-state index contributed by atoms with van der Waals surface area (Å²) in [6, 6.07) is 8.06. The van der Waals surface area contributed by atoms with Crippen LogP contribution in [0.3, 0.4) is 0 Å². The largest absolute Gasteiger partial charge is 0.398 e. The number of aliphatic hydroxyl groups is 1. The van der Waals surface area contributed by atoms with E-state index in [1.165, 1.54) is 0 Å². The van der Waals surface area contributed by atoms with Gasteiger partial charge in [0.15, 0.2) is 0 Å². The molecule has 0 fully saturated rings. The molecule has 0 aliphatic heterocycles. The highest BCUT2D eigenvalue weighted by molar-refractivity contribution is 5.59. The molecule has 1 aromatic carbocycles. The minimum atomic E-state index is 0.107. The second kappa shape index (κ2) is 6.12. The van der Waals surface area contributed by atoms with Crippen LogP contribution in [-0.2, 0) is 6.42 Å². The van der Waals surface area contributed by atoms with Crippen LogP contribution in [0.15, 0.2) is 18.2 Å². The monoisotopic (exact) mass is 233 g/mol. The van der Waals surface area contributed by atoms with Gasteiger partial charge in [0.05, 0.1) is 19.1 Å². The number of benzene rings is 1. The van der Waals surface area contributed by atoms with Crippen molar-refractivity contribution in [1.82, 2.24) is 0 Å². The zero-order chi connectivity index (χ0) is 12.8. The van der Waals surface area contributed by atoms with E-state index in [0.29, 0.717) is 24.7 Å². The molecule has 3 N–H and O–H groups in total. The second-order valence-electron chi connectivity index (χ2n) is 4.23. The van der Waals surface area contributed by atoms with Crippen molar-refractivity contribution < 1.29 is 5.11 Å². The summed E-state index contributed by atoms with van der Waals surface area (Å²) in [5.74, 6) is 0. The first-order valence-electron chi connectivity index (χ1n) is 5.73. The van der Waals surface area contributed by atoms with E-state index in [1.807, 2.05) is 18.2 Å². The molecule has 92 valence electrons. The van der Waals surface area contributed by atoms with Gasteiger partial charge >= 0.3 is 0 Å². The van der Waals surface area contributed by atoms with Crippen LogP contribution < -0.4 is 10.6 Å². The van der Waals surface area contributed by atoms with Gasteiger partial charge in [-0.05, 0) is 37.6 Å². The SMILES string of the molecule is CC(C)N(CCO)c1ccc(N)c(CC#N)c1. The molecule has 0 spiro atoms. The number of nitrogen functional groups attached to an aromatic ring is 1. The highest BCUT2D eigenvalue weighted by Gasteiger charge is 2.11. The molecule has 0 saturated heterocycles. The summed E-state index contributed by atoms with van der Waals surface area (Å²) in [7, 11) is 0. The molecular weight excluding hydrogens is 214 g/mol. The Morgan fingerprint density at radius 3 is 2.71 bits per heavy atom. The van der Waals surface area contributed by atoms with Gasteiger partial charge in [0.1, 0.15) is 0 Å². The molecule has 0 heterocycles. The van der Waals surface area contributed by atoms with Crippen LogP contribution in [0.4, 0.5) is 11.4 Å². The second-order valence-corrected chi connectivity index (χ2v) is 4.23. The van der Waals surface area contributed by atoms with Crippen LogP contribution in [0.25, 0.3) is 0 Å². The standard InChI is InChI=1S/C13H19N3O/c1-10(2)16(7-8-17)12-3-4-13(15)11(9-12)5-6-14/h3-4,9-10,17H,5,7-8,15H2,1-2H3. The predicted molar refractivity (Wildman–Crippen MR) is 69.7 cm³/mol.